The lowest BCUT2D eigenvalue weighted by atomic mass is 10.1. The molecule has 0 radical (unpaired) electrons. The molecule has 13 heteroatoms. The van der Waals surface area contributed by atoms with E-state index < -0.39 is 17.3 Å². The van der Waals surface area contributed by atoms with Gasteiger partial charge in [0.15, 0.2) is 5.16 Å². The molecule has 5 rings (SSSR count). The van der Waals surface area contributed by atoms with Crippen LogP contribution in [0.15, 0.2) is 77.1 Å². The molecule has 0 N–H and O–H groups in total. The number of aromatic nitrogens is 4. The van der Waals surface area contributed by atoms with E-state index in [1.807, 2.05) is 11.1 Å². The number of benzene rings is 2. The third kappa shape index (κ3) is 7.19. The van der Waals surface area contributed by atoms with Crippen LogP contribution >= 0.6 is 11.8 Å². The highest BCUT2D eigenvalue weighted by Gasteiger charge is 2.30. The molecule has 8 nitrogen and oxygen atoms in total. The lowest BCUT2D eigenvalue weighted by molar-refractivity contribution is -0.137. The Morgan fingerprint density at radius 1 is 0.952 bits per heavy atom. The largest absolute Gasteiger partial charge is 0.416 e. The maximum Gasteiger partial charge on any atom is 0.416 e. The summed E-state index contributed by atoms with van der Waals surface area (Å²) in [5.74, 6) is -0.0830. The number of aryl methyl sites for hydroxylation is 1. The van der Waals surface area contributed by atoms with Gasteiger partial charge in [-0.3, -0.25) is 14.3 Å². The van der Waals surface area contributed by atoms with Crippen LogP contribution < -0.4 is 10.5 Å². The number of rotatable bonds is 8. The SMILES string of the molecule is Cn1cc(Cc2cn(CC(=O)N3CCN(c4ccc(C(F)(F)F)cc4)CC3)c(SCc3ccc(F)cc3)nc2=O)cn1. The van der Waals surface area contributed by atoms with Crippen LogP contribution in [0.25, 0.3) is 0 Å². The highest BCUT2D eigenvalue weighted by atomic mass is 32.2. The number of nitrogens with zero attached hydrogens (tertiary/aromatic N) is 6. The van der Waals surface area contributed by atoms with Crippen LogP contribution in [-0.2, 0) is 36.7 Å². The lowest BCUT2D eigenvalue weighted by Gasteiger charge is -2.36. The summed E-state index contributed by atoms with van der Waals surface area (Å²) in [6.45, 7) is 1.69. The van der Waals surface area contributed by atoms with Gasteiger partial charge in [0.05, 0.1) is 11.8 Å². The zero-order valence-electron chi connectivity index (χ0n) is 22.7. The highest BCUT2D eigenvalue weighted by Crippen LogP contribution is 2.31. The maximum atomic E-state index is 13.4. The monoisotopic (exact) mass is 600 g/mol. The standard InChI is InChI=1S/C29H28F4N6O2S/c1-36-16-21(15-34-36)14-22-17-39(28(35-27(22)41)42-19-20-2-6-24(30)7-3-20)18-26(40)38-12-10-37(11-13-38)25-8-4-23(5-9-25)29(31,32)33/h2-9,15-17H,10-14,18-19H2,1H3. The Morgan fingerprint density at radius 2 is 1.64 bits per heavy atom. The highest BCUT2D eigenvalue weighted by molar-refractivity contribution is 7.98. The van der Waals surface area contributed by atoms with Gasteiger partial charge in [-0.25, -0.2) is 4.39 Å². The van der Waals surface area contributed by atoms with Gasteiger partial charge < -0.3 is 14.4 Å². The van der Waals surface area contributed by atoms with Crippen molar-refractivity contribution in [3.63, 3.8) is 0 Å². The van der Waals surface area contributed by atoms with Gasteiger partial charge in [-0.1, -0.05) is 23.9 Å². The first-order valence-corrected chi connectivity index (χ1v) is 14.2. The molecule has 3 heterocycles. The van der Waals surface area contributed by atoms with E-state index in [4.69, 9.17) is 0 Å². The summed E-state index contributed by atoms with van der Waals surface area (Å²) in [7, 11) is 1.78. The van der Waals surface area contributed by atoms with E-state index in [2.05, 4.69) is 10.1 Å². The number of carbonyl (C=O) groups excluding carboxylic acids is 1. The van der Waals surface area contributed by atoms with E-state index in [0.29, 0.717) is 54.8 Å². The second kappa shape index (κ2) is 12.4. The second-order valence-electron chi connectivity index (χ2n) is 10.0. The molecule has 0 atom stereocenters. The third-order valence-electron chi connectivity index (χ3n) is 6.96. The first-order valence-electron chi connectivity index (χ1n) is 13.2. The lowest BCUT2D eigenvalue weighted by Crippen LogP contribution is -2.49. The van der Waals surface area contributed by atoms with Crippen LogP contribution in [0.5, 0.6) is 0 Å². The minimum Gasteiger partial charge on any atom is -0.368 e. The molecule has 1 amide bonds. The summed E-state index contributed by atoms with van der Waals surface area (Å²) >= 11 is 1.28. The minimum atomic E-state index is -4.39. The first-order chi connectivity index (χ1) is 20.0. The number of halogens is 4. The van der Waals surface area contributed by atoms with Gasteiger partial charge in [0, 0.05) is 69.0 Å². The molecular formula is C29H28F4N6O2S. The van der Waals surface area contributed by atoms with Gasteiger partial charge in [0.25, 0.3) is 5.56 Å². The summed E-state index contributed by atoms with van der Waals surface area (Å²) < 4.78 is 55.4. The van der Waals surface area contributed by atoms with Crippen LogP contribution in [0, 0.1) is 5.82 Å². The number of hydrogen-bond acceptors (Lipinski definition) is 6. The van der Waals surface area contributed by atoms with Crippen LogP contribution in [0.4, 0.5) is 23.2 Å². The number of hydrogen-bond donors (Lipinski definition) is 0. The van der Waals surface area contributed by atoms with Gasteiger partial charge >= 0.3 is 6.18 Å². The van der Waals surface area contributed by atoms with Gasteiger partial charge in [-0.2, -0.15) is 23.3 Å². The number of alkyl halides is 3. The molecule has 1 aliphatic rings. The van der Waals surface area contributed by atoms with Crippen molar-refractivity contribution in [2.75, 3.05) is 31.1 Å². The smallest absolute Gasteiger partial charge is 0.368 e. The first kappa shape index (κ1) is 29.4. The fourth-order valence-corrected chi connectivity index (χ4v) is 5.62. The molecule has 0 saturated carbocycles. The second-order valence-corrected chi connectivity index (χ2v) is 11.0. The Balaban J connectivity index is 1.29. The van der Waals surface area contributed by atoms with Crippen LogP contribution in [0.1, 0.15) is 22.3 Å². The fourth-order valence-electron chi connectivity index (χ4n) is 4.70. The molecule has 2 aromatic carbocycles. The maximum absolute atomic E-state index is 13.4. The summed E-state index contributed by atoms with van der Waals surface area (Å²) in [6, 6.07) is 11.0. The zero-order valence-corrected chi connectivity index (χ0v) is 23.5. The van der Waals surface area contributed by atoms with Crippen molar-refractivity contribution < 1.29 is 22.4 Å². The van der Waals surface area contributed by atoms with Crippen molar-refractivity contribution in [2.45, 2.75) is 30.1 Å². The Morgan fingerprint density at radius 3 is 2.26 bits per heavy atom. The van der Waals surface area contributed by atoms with E-state index in [1.165, 1.54) is 36.0 Å². The summed E-state index contributed by atoms with van der Waals surface area (Å²) in [5, 5.41) is 4.52. The van der Waals surface area contributed by atoms with Gasteiger partial charge in [-0.15, -0.1) is 0 Å². The van der Waals surface area contributed by atoms with Crippen molar-refractivity contribution in [1.82, 2.24) is 24.2 Å². The topological polar surface area (TPSA) is 76.3 Å². The van der Waals surface area contributed by atoms with E-state index in [-0.39, 0.29) is 18.3 Å². The van der Waals surface area contributed by atoms with E-state index in [9.17, 15) is 27.2 Å². The third-order valence-corrected chi connectivity index (χ3v) is 8.02. The predicted octanol–water partition coefficient (Wildman–Crippen LogP) is 4.37. The Hall–Kier alpha value is -4.13. The molecule has 0 aliphatic carbocycles. The van der Waals surface area contributed by atoms with E-state index >= 15 is 0 Å². The average molecular weight is 601 g/mol. The Bertz CT molecular complexity index is 1590. The van der Waals surface area contributed by atoms with Gasteiger partial charge in [0.2, 0.25) is 5.91 Å². The van der Waals surface area contributed by atoms with Crippen LogP contribution in [0.2, 0.25) is 0 Å². The number of anilines is 1. The normalized spacial score (nSPS) is 13.9. The summed E-state index contributed by atoms with van der Waals surface area (Å²) in [4.78, 5) is 34.2. The number of thioether (sulfide) groups is 1. The number of carbonyl (C=O) groups is 1. The molecule has 0 spiro atoms. The van der Waals surface area contributed by atoms with Crippen molar-refractivity contribution >= 4 is 23.4 Å². The van der Waals surface area contributed by atoms with E-state index in [0.717, 1.165) is 23.3 Å². The van der Waals surface area contributed by atoms with Gasteiger partial charge in [-0.05, 0) is 47.5 Å². The molecule has 1 saturated heterocycles. The van der Waals surface area contributed by atoms with E-state index in [1.54, 1.807) is 45.7 Å². The molecule has 2 aromatic heterocycles. The molecule has 0 unspecified atom stereocenters. The van der Waals surface area contributed by atoms with Crippen molar-refractivity contribution in [3.8, 4) is 0 Å². The predicted molar refractivity (Wildman–Crippen MR) is 151 cm³/mol. The number of amides is 1. The van der Waals surface area contributed by atoms with Crippen molar-refractivity contribution in [3.05, 3.63) is 106 Å². The molecule has 1 aliphatic heterocycles. The molecule has 1 fully saturated rings. The summed E-state index contributed by atoms with van der Waals surface area (Å²) in [5.41, 5.74) is 1.67. The Kier molecular flexibility index (Phi) is 8.66. The summed E-state index contributed by atoms with van der Waals surface area (Å²) in [6.07, 6.45) is 1.05. The quantitative estimate of drug-likeness (QED) is 0.170. The Labute approximate surface area is 243 Å². The van der Waals surface area contributed by atoms with Crippen LogP contribution in [-0.4, -0.2) is 56.3 Å². The van der Waals surface area contributed by atoms with Crippen molar-refractivity contribution in [1.29, 1.82) is 0 Å². The van der Waals surface area contributed by atoms with Crippen LogP contribution in [0.3, 0.4) is 0 Å². The molecule has 4 aromatic rings. The molecule has 0 bridgehead atoms. The zero-order chi connectivity index (χ0) is 29.9. The average Bonchev–Trinajstić information content (AvgIpc) is 3.38. The van der Waals surface area contributed by atoms with Crippen molar-refractivity contribution in [2.24, 2.45) is 7.05 Å². The number of piperazine rings is 1. The molecule has 220 valence electrons. The fraction of sp³-hybridized carbons (Fsp3) is 0.310. The molecule has 42 heavy (non-hydrogen) atoms. The minimum absolute atomic E-state index is 0.0423. The molecular weight excluding hydrogens is 572 g/mol. The van der Waals surface area contributed by atoms with Gasteiger partial charge in [0.1, 0.15) is 12.4 Å².